The first-order valence-corrected chi connectivity index (χ1v) is 9.02. The largest absolute Gasteiger partial charge is 0.340 e. The number of carbonyl (C=O) groups is 1. The summed E-state index contributed by atoms with van der Waals surface area (Å²) < 4.78 is 0. The Morgan fingerprint density at radius 2 is 2.16 bits per heavy atom. The zero-order valence-corrected chi connectivity index (χ0v) is 15.2. The van der Waals surface area contributed by atoms with E-state index in [1.807, 2.05) is 32.0 Å². The number of hydrogen-bond acceptors (Lipinski definition) is 4. The molecule has 1 aliphatic rings. The van der Waals surface area contributed by atoms with Crippen molar-refractivity contribution >= 4 is 17.5 Å². The highest BCUT2D eigenvalue weighted by molar-refractivity contribution is 5.94. The van der Waals surface area contributed by atoms with Crippen molar-refractivity contribution in [2.45, 2.75) is 40.0 Å². The fraction of sp³-hybridized carbons (Fsp3) is 0.450. The first-order chi connectivity index (χ1) is 12.1. The van der Waals surface area contributed by atoms with Gasteiger partial charge in [0, 0.05) is 30.7 Å². The molecule has 5 nitrogen and oxygen atoms in total. The SMILES string of the molecule is CCc1cccc(C)c1NC(=O)[C@@H]1CCCN(c2nccc(C)n2)C1. The summed E-state index contributed by atoms with van der Waals surface area (Å²) in [6.45, 7) is 7.69. The van der Waals surface area contributed by atoms with Crippen LogP contribution >= 0.6 is 0 Å². The number of aryl methyl sites for hydroxylation is 3. The van der Waals surface area contributed by atoms with Crippen LogP contribution in [0.5, 0.6) is 0 Å². The molecule has 1 fully saturated rings. The van der Waals surface area contributed by atoms with E-state index < -0.39 is 0 Å². The number of rotatable bonds is 4. The van der Waals surface area contributed by atoms with Gasteiger partial charge < -0.3 is 10.2 Å². The molecule has 0 saturated carbocycles. The molecule has 1 aliphatic heterocycles. The van der Waals surface area contributed by atoms with Gasteiger partial charge in [0.05, 0.1) is 5.92 Å². The van der Waals surface area contributed by atoms with E-state index in [0.29, 0.717) is 6.54 Å². The highest BCUT2D eigenvalue weighted by Crippen LogP contribution is 2.25. The zero-order chi connectivity index (χ0) is 17.8. The van der Waals surface area contributed by atoms with Crippen LogP contribution in [-0.2, 0) is 11.2 Å². The van der Waals surface area contributed by atoms with Crippen molar-refractivity contribution in [2.24, 2.45) is 5.92 Å². The van der Waals surface area contributed by atoms with Crippen molar-refractivity contribution in [3.05, 3.63) is 47.3 Å². The second kappa shape index (κ2) is 7.64. The maximum Gasteiger partial charge on any atom is 0.229 e. The lowest BCUT2D eigenvalue weighted by molar-refractivity contribution is -0.120. The summed E-state index contributed by atoms with van der Waals surface area (Å²) >= 11 is 0. The number of anilines is 2. The molecule has 0 unspecified atom stereocenters. The van der Waals surface area contributed by atoms with E-state index in [2.05, 4.69) is 33.2 Å². The Balaban J connectivity index is 1.72. The molecule has 132 valence electrons. The summed E-state index contributed by atoms with van der Waals surface area (Å²) in [5, 5.41) is 3.18. The smallest absolute Gasteiger partial charge is 0.229 e. The molecule has 0 radical (unpaired) electrons. The van der Waals surface area contributed by atoms with Gasteiger partial charge in [-0.25, -0.2) is 9.97 Å². The third kappa shape index (κ3) is 3.98. The molecule has 2 aromatic rings. The molecule has 1 atom stereocenters. The summed E-state index contributed by atoms with van der Waals surface area (Å²) in [7, 11) is 0. The Morgan fingerprint density at radius 3 is 2.92 bits per heavy atom. The maximum atomic E-state index is 12.9. The lowest BCUT2D eigenvalue weighted by Crippen LogP contribution is -2.41. The molecule has 2 heterocycles. The van der Waals surface area contributed by atoms with Crippen LogP contribution in [0, 0.1) is 19.8 Å². The van der Waals surface area contributed by atoms with Crippen LogP contribution < -0.4 is 10.2 Å². The van der Waals surface area contributed by atoms with E-state index in [1.165, 1.54) is 5.56 Å². The molecule has 3 rings (SSSR count). The Hall–Kier alpha value is -2.43. The number of aromatic nitrogens is 2. The average Bonchev–Trinajstić information content (AvgIpc) is 2.63. The maximum absolute atomic E-state index is 12.9. The van der Waals surface area contributed by atoms with E-state index >= 15 is 0 Å². The van der Waals surface area contributed by atoms with Gasteiger partial charge in [-0.3, -0.25) is 4.79 Å². The van der Waals surface area contributed by atoms with Gasteiger partial charge in [-0.2, -0.15) is 0 Å². The van der Waals surface area contributed by atoms with Crippen molar-refractivity contribution < 1.29 is 4.79 Å². The first-order valence-electron chi connectivity index (χ1n) is 9.02. The van der Waals surface area contributed by atoms with Crippen LogP contribution in [0.3, 0.4) is 0 Å². The second-order valence-electron chi connectivity index (χ2n) is 6.74. The number of para-hydroxylation sites is 1. The molecule has 5 heteroatoms. The van der Waals surface area contributed by atoms with Gasteiger partial charge in [-0.05, 0) is 50.3 Å². The van der Waals surface area contributed by atoms with E-state index in [-0.39, 0.29) is 11.8 Å². The zero-order valence-electron chi connectivity index (χ0n) is 15.2. The third-order valence-electron chi connectivity index (χ3n) is 4.85. The fourth-order valence-electron chi connectivity index (χ4n) is 3.39. The number of piperidine rings is 1. The predicted molar refractivity (Wildman–Crippen MR) is 101 cm³/mol. The van der Waals surface area contributed by atoms with Gasteiger partial charge in [0.1, 0.15) is 0 Å². The Kier molecular flexibility index (Phi) is 5.31. The molecule has 1 amide bonds. The average molecular weight is 338 g/mol. The molecule has 0 bridgehead atoms. The van der Waals surface area contributed by atoms with Crippen molar-refractivity contribution in [1.29, 1.82) is 0 Å². The lowest BCUT2D eigenvalue weighted by Gasteiger charge is -2.32. The number of nitrogens with one attached hydrogen (secondary N) is 1. The topological polar surface area (TPSA) is 58.1 Å². The summed E-state index contributed by atoms with van der Waals surface area (Å²) in [6.07, 6.45) is 4.57. The third-order valence-corrected chi connectivity index (χ3v) is 4.85. The minimum Gasteiger partial charge on any atom is -0.340 e. The standard InChI is InChI=1S/C20H26N4O/c1-4-16-8-5-7-14(2)18(16)23-19(25)17-9-6-12-24(13-17)20-21-11-10-15(3)22-20/h5,7-8,10-11,17H,4,6,9,12-13H2,1-3H3,(H,23,25)/t17-/m1/s1. The minimum absolute atomic E-state index is 0.0397. The van der Waals surface area contributed by atoms with Crippen molar-refractivity contribution in [1.82, 2.24) is 9.97 Å². The van der Waals surface area contributed by atoms with E-state index in [4.69, 9.17) is 0 Å². The molecule has 1 saturated heterocycles. The highest BCUT2D eigenvalue weighted by atomic mass is 16.1. The Bertz CT molecular complexity index is 759. The summed E-state index contributed by atoms with van der Waals surface area (Å²) in [5.74, 6) is 0.783. The van der Waals surface area contributed by atoms with E-state index in [1.54, 1.807) is 6.20 Å². The molecular formula is C20H26N4O. The molecule has 1 N–H and O–H groups in total. The number of hydrogen-bond donors (Lipinski definition) is 1. The van der Waals surface area contributed by atoms with Crippen molar-refractivity contribution in [3.63, 3.8) is 0 Å². The summed E-state index contributed by atoms with van der Waals surface area (Å²) in [4.78, 5) is 23.8. The van der Waals surface area contributed by atoms with Gasteiger partial charge in [-0.15, -0.1) is 0 Å². The Morgan fingerprint density at radius 1 is 1.32 bits per heavy atom. The molecule has 25 heavy (non-hydrogen) atoms. The van der Waals surface area contributed by atoms with Crippen molar-refractivity contribution in [3.8, 4) is 0 Å². The van der Waals surface area contributed by atoms with E-state index in [0.717, 1.165) is 48.7 Å². The van der Waals surface area contributed by atoms with Gasteiger partial charge in [0.25, 0.3) is 0 Å². The molecule has 1 aromatic heterocycles. The fourth-order valence-corrected chi connectivity index (χ4v) is 3.39. The minimum atomic E-state index is -0.0397. The lowest BCUT2D eigenvalue weighted by atomic mass is 9.96. The highest BCUT2D eigenvalue weighted by Gasteiger charge is 2.27. The molecular weight excluding hydrogens is 312 g/mol. The van der Waals surface area contributed by atoms with Crippen LogP contribution in [0.4, 0.5) is 11.6 Å². The van der Waals surface area contributed by atoms with Crippen molar-refractivity contribution in [2.75, 3.05) is 23.3 Å². The van der Waals surface area contributed by atoms with Crippen LogP contribution in [0.1, 0.15) is 36.6 Å². The normalized spacial score (nSPS) is 17.4. The van der Waals surface area contributed by atoms with Gasteiger partial charge in [-0.1, -0.05) is 25.1 Å². The number of carbonyl (C=O) groups excluding carboxylic acids is 1. The summed E-state index contributed by atoms with van der Waals surface area (Å²) in [5.41, 5.74) is 4.22. The van der Waals surface area contributed by atoms with E-state index in [9.17, 15) is 4.79 Å². The molecule has 0 aliphatic carbocycles. The number of benzene rings is 1. The van der Waals surface area contributed by atoms with Crippen LogP contribution in [0.2, 0.25) is 0 Å². The number of nitrogens with zero attached hydrogens (tertiary/aromatic N) is 3. The van der Waals surface area contributed by atoms with Gasteiger partial charge in [0.15, 0.2) is 0 Å². The van der Waals surface area contributed by atoms with Crippen LogP contribution in [0.15, 0.2) is 30.5 Å². The first kappa shape index (κ1) is 17.4. The predicted octanol–water partition coefficient (Wildman–Crippen LogP) is 3.51. The second-order valence-corrected chi connectivity index (χ2v) is 6.74. The van der Waals surface area contributed by atoms with Crippen LogP contribution in [0.25, 0.3) is 0 Å². The molecule has 1 aromatic carbocycles. The Labute approximate surface area is 149 Å². The summed E-state index contributed by atoms with van der Waals surface area (Å²) in [6, 6.07) is 8.06. The quantitative estimate of drug-likeness (QED) is 0.927. The van der Waals surface area contributed by atoms with Crippen LogP contribution in [-0.4, -0.2) is 29.0 Å². The number of amides is 1. The van der Waals surface area contributed by atoms with Gasteiger partial charge in [0.2, 0.25) is 11.9 Å². The monoisotopic (exact) mass is 338 g/mol. The molecule has 0 spiro atoms. The van der Waals surface area contributed by atoms with Gasteiger partial charge >= 0.3 is 0 Å².